The molecule has 2 rings (SSSR count). The standard InChI is InChI=1S/C16H24ClN3/c1-11-4-3-5-14(8-11)20(2)10-13-7-6-12(16(18)19)9-15(13)17/h6-7,9,11,14H,3-5,8,10H2,1-2H3,(H3,18,19). The first-order valence-corrected chi connectivity index (χ1v) is 7.68. The molecule has 1 aromatic rings. The van der Waals surface area contributed by atoms with E-state index in [0.29, 0.717) is 16.6 Å². The Kier molecular flexibility index (Phi) is 5.06. The van der Waals surface area contributed by atoms with Crippen molar-refractivity contribution in [3.63, 3.8) is 0 Å². The average Bonchev–Trinajstić information content (AvgIpc) is 2.40. The number of benzene rings is 1. The minimum absolute atomic E-state index is 0.0629. The van der Waals surface area contributed by atoms with Crippen LogP contribution >= 0.6 is 11.6 Å². The van der Waals surface area contributed by atoms with Gasteiger partial charge in [-0.1, -0.05) is 43.5 Å². The van der Waals surface area contributed by atoms with Crippen LogP contribution in [0.15, 0.2) is 18.2 Å². The Morgan fingerprint density at radius 3 is 2.80 bits per heavy atom. The van der Waals surface area contributed by atoms with Crippen LogP contribution in [-0.4, -0.2) is 23.8 Å². The summed E-state index contributed by atoms with van der Waals surface area (Å²) in [6.07, 6.45) is 5.25. The third-order valence-electron chi connectivity index (χ3n) is 4.32. The first-order valence-electron chi connectivity index (χ1n) is 7.30. The molecular formula is C16H24ClN3. The van der Waals surface area contributed by atoms with Crippen molar-refractivity contribution < 1.29 is 0 Å². The van der Waals surface area contributed by atoms with Crippen LogP contribution in [0.1, 0.15) is 43.7 Å². The van der Waals surface area contributed by atoms with Crippen molar-refractivity contribution in [2.24, 2.45) is 11.7 Å². The molecule has 0 radical (unpaired) electrons. The number of amidine groups is 1. The molecule has 0 heterocycles. The number of nitrogens with one attached hydrogen (secondary N) is 1. The van der Waals surface area contributed by atoms with E-state index in [9.17, 15) is 0 Å². The molecule has 3 N–H and O–H groups in total. The molecular weight excluding hydrogens is 270 g/mol. The van der Waals surface area contributed by atoms with E-state index in [1.165, 1.54) is 25.7 Å². The third kappa shape index (κ3) is 3.74. The second-order valence-electron chi connectivity index (χ2n) is 6.06. The minimum Gasteiger partial charge on any atom is -0.384 e. The molecule has 20 heavy (non-hydrogen) atoms. The van der Waals surface area contributed by atoms with Crippen molar-refractivity contribution in [2.75, 3.05) is 7.05 Å². The Labute approximate surface area is 126 Å². The Bertz CT molecular complexity index is 487. The fraction of sp³-hybridized carbons (Fsp3) is 0.562. The molecule has 110 valence electrons. The lowest BCUT2D eigenvalue weighted by molar-refractivity contribution is 0.158. The van der Waals surface area contributed by atoms with Crippen molar-refractivity contribution >= 4 is 17.4 Å². The number of rotatable bonds is 4. The number of nitrogen functional groups attached to an aromatic ring is 1. The van der Waals surface area contributed by atoms with Gasteiger partial charge in [0.2, 0.25) is 0 Å². The molecule has 0 aromatic heterocycles. The lowest BCUT2D eigenvalue weighted by atomic mass is 9.86. The van der Waals surface area contributed by atoms with E-state index in [0.717, 1.165) is 18.0 Å². The molecule has 1 aliphatic rings. The van der Waals surface area contributed by atoms with E-state index in [1.54, 1.807) is 6.07 Å². The Morgan fingerprint density at radius 1 is 1.45 bits per heavy atom. The van der Waals surface area contributed by atoms with E-state index in [4.69, 9.17) is 22.7 Å². The molecule has 4 heteroatoms. The number of nitrogens with zero attached hydrogens (tertiary/aromatic N) is 1. The van der Waals surface area contributed by atoms with E-state index < -0.39 is 0 Å². The average molecular weight is 294 g/mol. The van der Waals surface area contributed by atoms with Crippen LogP contribution in [0.3, 0.4) is 0 Å². The van der Waals surface area contributed by atoms with Gasteiger partial charge in [0.25, 0.3) is 0 Å². The van der Waals surface area contributed by atoms with Gasteiger partial charge in [0, 0.05) is 23.2 Å². The van der Waals surface area contributed by atoms with Gasteiger partial charge in [0.15, 0.2) is 0 Å². The monoisotopic (exact) mass is 293 g/mol. The predicted molar refractivity (Wildman–Crippen MR) is 85.4 cm³/mol. The summed E-state index contributed by atoms with van der Waals surface area (Å²) in [4.78, 5) is 2.41. The molecule has 2 atom stereocenters. The number of nitrogens with two attached hydrogens (primary N) is 1. The molecule has 0 spiro atoms. The smallest absolute Gasteiger partial charge is 0.122 e. The van der Waals surface area contributed by atoms with Gasteiger partial charge in [0.05, 0.1) is 0 Å². The highest BCUT2D eigenvalue weighted by Gasteiger charge is 2.22. The maximum Gasteiger partial charge on any atom is 0.122 e. The molecule has 1 saturated carbocycles. The van der Waals surface area contributed by atoms with E-state index in [2.05, 4.69) is 18.9 Å². The van der Waals surface area contributed by atoms with E-state index >= 15 is 0 Å². The highest BCUT2D eigenvalue weighted by molar-refractivity contribution is 6.31. The summed E-state index contributed by atoms with van der Waals surface area (Å²) in [5.41, 5.74) is 7.28. The quantitative estimate of drug-likeness (QED) is 0.658. The third-order valence-corrected chi connectivity index (χ3v) is 4.67. The summed E-state index contributed by atoms with van der Waals surface area (Å²) in [5.74, 6) is 0.889. The highest BCUT2D eigenvalue weighted by Crippen LogP contribution is 2.28. The largest absolute Gasteiger partial charge is 0.384 e. The van der Waals surface area contributed by atoms with Gasteiger partial charge < -0.3 is 5.73 Å². The van der Waals surface area contributed by atoms with Gasteiger partial charge in [0.1, 0.15) is 5.84 Å². The number of halogens is 1. The second kappa shape index (κ2) is 6.59. The topological polar surface area (TPSA) is 53.1 Å². The van der Waals surface area contributed by atoms with Crippen LogP contribution in [0, 0.1) is 11.3 Å². The first kappa shape index (κ1) is 15.3. The molecule has 2 unspecified atom stereocenters. The van der Waals surface area contributed by atoms with Gasteiger partial charge in [-0.2, -0.15) is 0 Å². The summed E-state index contributed by atoms with van der Waals surface area (Å²) in [6, 6.07) is 6.31. The Balaban J connectivity index is 2.03. The van der Waals surface area contributed by atoms with Gasteiger partial charge in [-0.3, -0.25) is 10.3 Å². The Morgan fingerprint density at radius 2 is 2.20 bits per heavy atom. The fourth-order valence-electron chi connectivity index (χ4n) is 3.04. The van der Waals surface area contributed by atoms with Crippen molar-refractivity contribution in [2.45, 2.75) is 45.2 Å². The maximum absolute atomic E-state index is 7.44. The van der Waals surface area contributed by atoms with E-state index in [1.807, 2.05) is 12.1 Å². The van der Waals surface area contributed by atoms with Crippen molar-refractivity contribution in [3.8, 4) is 0 Å². The zero-order valence-electron chi connectivity index (χ0n) is 12.3. The summed E-state index contributed by atoms with van der Waals surface area (Å²) in [7, 11) is 2.18. The molecule has 1 aromatic carbocycles. The van der Waals surface area contributed by atoms with Crippen molar-refractivity contribution in [1.82, 2.24) is 4.90 Å². The van der Waals surface area contributed by atoms with E-state index in [-0.39, 0.29) is 5.84 Å². The molecule has 0 bridgehead atoms. The van der Waals surface area contributed by atoms with Crippen LogP contribution in [0.2, 0.25) is 5.02 Å². The summed E-state index contributed by atoms with van der Waals surface area (Å²) >= 11 is 6.31. The van der Waals surface area contributed by atoms with Gasteiger partial charge >= 0.3 is 0 Å². The zero-order chi connectivity index (χ0) is 14.7. The van der Waals surface area contributed by atoms with Crippen LogP contribution < -0.4 is 5.73 Å². The molecule has 3 nitrogen and oxygen atoms in total. The highest BCUT2D eigenvalue weighted by atomic mass is 35.5. The van der Waals surface area contributed by atoms with Gasteiger partial charge in [-0.05, 0) is 37.4 Å². The molecule has 0 amide bonds. The van der Waals surface area contributed by atoms with Crippen LogP contribution in [0.25, 0.3) is 0 Å². The van der Waals surface area contributed by atoms with Crippen molar-refractivity contribution in [1.29, 1.82) is 5.41 Å². The number of hydrogen-bond acceptors (Lipinski definition) is 2. The van der Waals surface area contributed by atoms with Crippen molar-refractivity contribution in [3.05, 3.63) is 34.3 Å². The van der Waals surface area contributed by atoms with Gasteiger partial charge in [-0.15, -0.1) is 0 Å². The summed E-state index contributed by atoms with van der Waals surface area (Å²) in [6.45, 7) is 3.20. The van der Waals surface area contributed by atoms with Crippen LogP contribution in [-0.2, 0) is 6.54 Å². The van der Waals surface area contributed by atoms with Crippen LogP contribution in [0.5, 0.6) is 0 Å². The lowest BCUT2D eigenvalue weighted by Crippen LogP contribution is -2.35. The normalized spacial score (nSPS) is 23.0. The van der Waals surface area contributed by atoms with Crippen LogP contribution in [0.4, 0.5) is 0 Å². The summed E-state index contributed by atoms with van der Waals surface area (Å²) < 4.78 is 0. The fourth-order valence-corrected chi connectivity index (χ4v) is 3.28. The zero-order valence-corrected chi connectivity index (χ0v) is 13.1. The SMILES string of the molecule is CC1CCCC(N(C)Cc2ccc(C(=N)N)cc2Cl)C1. The molecule has 0 saturated heterocycles. The van der Waals surface area contributed by atoms with Gasteiger partial charge in [-0.25, -0.2) is 0 Å². The summed E-state index contributed by atoms with van der Waals surface area (Å²) in [5, 5.41) is 8.14. The predicted octanol–water partition coefficient (Wildman–Crippen LogP) is 3.63. The minimum atomic E-state index is 0.0629. The molecule has 1 fully saturated rings. The lowest BCUT2D eigenvalue weighted by Gasteiger charge is -2.34. The number of hydrogen-bond donors (Lipinski definition) is 2. The maximum atomic E-state index is 7.44. The first-order chi connectivity index (χ1) is 9.47. The molecule has 0 aliphatic heterocycles. The Hall–Kier alpha value is -1.06. The molecule has 1 aliphatic carbocycles. The second-order valence-corrected chi connectivity index (χ2v) is 6.47.